The van der Waals surface area contributed by atoms with E-state index in [2.05, 4.69) is 19.1 Å². The SMILES string of the molecule is C[C@@H]1CCCC[C@@H]1[NH+]1CC[NH+](C[C@H]2CC=CCC2)CC1. The van der Waals surface area contributed by atoms with Crippen LogP contribution in [0, 0.1) is 11.8 Å². The Kier molecular flexibility index (Phi) is 5.17. The number of nitrogens with one attached hydrogen (secondary N) is 2. The summed E-state index contributed by atoms with van der Waals surface area (Å²) >= 11 is 0. The van der Waals surface area contributed by atoms with Crippen LogP contribution >= 0.6 is 0 Å². The van der Waals surface area contributed by atoms with Gasteiger partial charge in [-0.3, -0.25) is 0 Å². The Balaban J connectivity index is 1.43. The second-order valence-corrected chi connectivity index (χ2v) is 7.63. The van der Waals surface area contributed by atoms with E-state index in [4.69, 9.17) is 0 Å². The van der Waals surface area contributed by atoms with E-state index in [9.17, 15) is 0 Å². The summed E-state index contributed by atoms with van der Waals surface area (Å²) in [6.07, 6.45) is 14.9. The number of piperazine rings is 1. The quantitative estimate of drug-likeness (QED) is 0.704. The van der Waals surface area contributed by atoms with E-state index in [1.54, 1.807) is 0 Å². The molecule has 114 valence electrons. The van der Waals surface area contributed by atoms with Gasteiger partial charge in [0.2, 0.25) is 0 Å². The van der Waals surface area contributed by atoms with Crippen LogP contribution < -0.4 is 9.80 Å². The summed E-state index contributed by atoms with van der Waals surface area (Å²) in [5.41, 5.74) is 0. The molecule has 1 aliphatic heterocycles. The molecule has 0 aromatic carbocycles. The molecule has 3 rings (SSSR count). The Morgan fingerprint density at radius 2 is 1.75 bits per heavy atom. The molecule has 0 radical (unpaired) electrons. The van der Waals surface area contributed by atoms with Crippen molar-refractivity contribution in [2.24, 2.45) is 11.8 Å². The van der Waals surface area contributed by atoms with Crippen LogP contribution in [0.5, 0.6) is 0 Å². The summed E-state index contributed by atoms with van der Waals surface area (Å²) in [6, 6.07) is 0.989. The van der Waals surface area contributed by atoms with Gasteiger partial charge in [-0.1, -0.05) is 25.5 Å². The van der Waals surface area contributed by atoms with Gasteiger partial charge in [-0.2, -0.15) is 0 Å². The van der Waals surface area contributed by atoms with Gasteiger partial charge < -0.3 is 9.80 Å². The van der Waals surface area contributed by atoms with Gasteiger partial charge in [0.15, 0.2) is 0 Å². The first-order chi connectivity index (χ1) is 9.83. The van der Waals surface area contributed by atoms with Gasteiger partial charge in [-0.15, -0.1) is 0 Å². The highest BCUT2D eigenvalue weighted by atomic mass is 15.3. The minimum atomic E-state index is 0.976. The van der Waals surface area contributed by atoms with E-state index < -0.39 is 0 Å². The lowest BCUT2D eigenvalue weighted by Crippen LogP contribution is -3.30. The topological polar surface area (TPSA) is 8.88 Å². The Morgan fingerprint density at radius 3 is 2.45 bits per heavy atom. The summed E-state index contributed by atoms with van der Waals surface area (Å²) in [5, 5.41) is 0. The standard InChI is InChI=1S/C18H32N2/c1-16-7-5-6-10-18(16)20-13-11-19(12-14-20)15-17-8-3-2-4-9-17/h2-3,16-18H,4-15H2,1H3/p+2/t16-,17+,18+/m1/s1. The monoisotopic (exact) mass is 278 g/mol. The van der Waals surface area contributed by atoms with Crippen molar-refractivity contribution in [3.63, 3.8) is 0 Å². The largest absolute Gasteiger partial charge is 0.325 e. The van der Waals surface area contributed by atoms with Gasteiger partial charge in [0.1, 0.15) is 26.2 Å². The zero-order chi connectivity index (χ0) is 13.8. The van der Waals surface area contributed by atoms with Crippen LogP contribution in [-0.4, -0.2) is 38.8 Å². The predicted octanol–water partition coefficient (Wildman–Crippen LogP) is 0.705. The van der Waals surface area contributed by atoms with Crippen molar-refractivity contribution in [2.75, 3.05) is 32.7 Å². The van der Waals surface area contributed by atoms with E-state index >= 15 is 0 Å². The maximum absolute atomic E-state index is 2.50. The average molecular weight is 278 g/mol. The summed E-state index contributed by atoms with van der Waals surface area (Å²) in [6.45, 7) is 9.68. The molecule has 20 heavy (non-hydrogen) atoms. The van der Waals surface area contributed by atoms with Crippen LogP contribution in [0.4, 0.5) is 0 Å². The van der Waals surface area contributed by atoms with E-state index in [-0.39, 0.29) is 0 Å². The van der Waals surface area contributed by atoms with Crippen LogP contribution in [0.2, 0.25) is 0 Å². The Hall–Kier alpha value is -0.340. The molecule has 3 aliphatic rings. The summed E-state index contributed by atoms with van der Waals surface area (Å²) in [5.74, 6) is 1.95. The van der Waals surface area contributed by atoms with Gasteiger partial charge >= 0.3 is 0 Å². The zero-order valence-corrected chi connectivity index (χ0v) is 13.4. The third kappa shape index (κ3) is 3.65. The van der Waals surface area contributed by atoms with Gasteiger partial charge in [0.25, 0.3) is 0 Å². The van der Waals surface area contributed by atoms with E-state index in [0.29, 0.717) is 0 Å². The third-order valence-corrected chi connectivity index (χ3v) is 6.19. The van der Waals surface area contributed by atoms with Crippen molar-refractivity contribution < 1.29 is 9.80 Å². The van der Waals surface area contributed by atoms with E-state index in [1.807, 2.05) is 9.80 Å². The normalized spacial score (nSPS) is 42.5. The predicted molar refractivity (Wildman–Crippen MR) is 84.2 cm³/mol. The van der Waals surface area contributed by atoms with Gasteiger partial charge in [-0.05, 0) is 38.5 Å². The van der Waals surface area contributed by atoms with Gasteiger partial charge in [-0.25, -0.2) is 0 Å². The van der Waals surface area contributed by atoms with Crippen molar-refractivity contribution in [3.05, 3.63) is 12.2 Å². The van der Waals surface area contributed by atoms with Crippen LogP contribution in [0.3, 0.4) is 0 Å². The maximum Gasteiger partial charge on any atom is 0.127 e. The molecule has 0 aromatic rings. The number of hydrogen-bond donors (Lipinski definition) is 2. The molecule has 0 unspecified atom stereocenters. The summed E-state index contributed by atoms with van der Waals surface area (Å²) < 4.78 is 0. The molecule has 0 bridgehead atoms. The maximum atomic E-state index is 2.50. The second-order valence-electron chi connectivity index (χ2n) is 7.63. The molecule has 2 aliphatic carbocycles. The Labute approximate surface area is 125 Å². The molecular formula is C18H34N2+2. The van der Waals surface area contributed by atoms with Crippen LogP contribution in [0.1, 0.15) is 51.9 Å². The minimum absolute atomic E-state index is 0.976. The summed E-state index contributed by atoms with van der Waals surface area (Å²) in [4.78, 5) is 3.85. The number of allylic oxidation sites excluding steroid dienone is 2. The molecule has 1 saturated heterocycles. The zero-order valence-electron chi connectivity index (χ0n) is 13.4. The molecular weight excluding hydrogens is 244 g/mol. The molecule has 0 spiro atoms. The van der Waals surface area contributed by atoms with Crippen LogP contribution in [-0.2, 0) is 0 Å². The first kappa shape index (κ1) is 14.6. The fraction of sp³-hybridized carbons (Fsp3) is 0.889. The molecule has 3 atom stereocenters. The lowest BCUT2D eigenvalue weighted by atomic mass is 9.84. The van der Waals surface area contributed by atoms with Crippen molar-refractivity contribution in [1.82, 2.24) is 0 Å². The molecule has 1 saturated carbocycles. The molecule has 2 N–H and O–H groups in total. The summed E-state index contributed by atoms with van der Waals surface area (Å²) in [7, 11) is 0. The average Bonchev–Trinajstić information content (AvgIpc) is 2.50. The fourth-order valence-electron chi connectivity index (χ4n) is 4.87. The van der Waals surface area contributed by atoms with Crippen LogP contribution in [0.25, 0.3) is 0 Å². The minimum Gasteiger partial charge on any atom is -0.325 e. The van der Waals surface area contributed by atoms with Crippen molar-refractivity contribution in [1.29, 1.82) is 0 Å². The smallest absolute Gasteiger partial charge is 0.127 e. The molecule has 2 nitrogen and oxygen atoms in total. The number of hydrogen-bond acceptors (Lipinski definition) is 0. The molecule has 1 heterocycles. The highest BCUT2D eigenvalue weighted by Gasteiger charge is 2.34. The molecule has 2 heteroatoms. The Morgan fingerprint density at radius 1 is 0.950 bits per heavy atom. The highest BCUT2D eigenvalue weighted by molar-refractivity contribution is 4.89. The highest BCUT2D eigenvalue weighted by Crippen LogP contribution is 2.21. The van der Waals surface area contributed by atoms with Gasteiger partial charge in [0, 0.05) is 11.8 Å². The first-order valence-electron chi connectivity index (χ1n) is 9.16. The number of quaternary nitrogens is 2. The fourth-order valence-corrected chi connectivity index (χ4v) is 4.87. The molecule has 0 amide bonds. The lowest BCUT2D eigenvalue weighted by Gasteiger charge is -2.39. The molecule has 0 aromatic heterocycles. The van der Waals surface area contributed by atoms with Gasteiger partial charge in [0.05, 0.1) is 12.6 Å². The van der Waals surface area contributed by atoms with E-state index in [0.717, 1.165) is 17.9 Å². The first-order valence-corrected chi connectivity index (χ1v) is 9.16. The second kappa shape index (κ2) is 7.09. The van der Waals surface area contributed by atoms with Crippen molar-refractivity contribution in [3.8, 4) is 0 Å². The van der Waals surface area contributed by atoms with Crippen LogP contribution in [0.15, 0.2) is 12.2 Å². The third-order valence-electron chi connectivity index (χ3n) is 6.19. The lowest BCUT2D eigenvalue weighted by molar-refractivity contribution is -1.03. The van der Waals surface area contributed by atoms with Crippen molar-refractivity contribution >= 4 is 0 Å². The Bertz CT molecular complexity index is 317. The van der Waals surface area contributed by atoms with E-state index in [1.165, 1.54) is 77.7 Å². The van der Waals surface area contributed by atoms with Crippen molar-refractivity contribution in [2.45, 2.75) is 57.9 Å². The molecule has 2 fully saturated rings. The number of rotatable bonds is 3.